The van der Waals surface area contributed by atoms with Crippen molar-refractivity contribution in [1.29, 1.82) is 0 Å². The van der Waals surface area contributed by atoms with Gasteiger partial charge >= 0.3 is 11.9 Å². The molecule has 0 aliphatic rings. The molecule has 0 spiro atoms. The number of hydrogen-bond donors (Lipinski definition) is 0. The van der Waals surface area contributed by atoms with Crippen LogP contribution in [0.25, 0.3) is 0 Å². The van der Waals surface area contributed by atoms with Crippen molar-refractivity contribution < 1.29 is 19.1 Å². The molecule has 0 radical (unpaired) electrons. The molecular formula is C26H42ClNO4. The van der Waals surface area contributed by atoms with E-state index in [4.69, 9.17) is 21.1 Å². The van der Waals surface area contributed by atoms with Gasteiger partial charge in [0.25, 0.3) is 5.79 Å². The minimum atomic E-state index is -1.52. The molecule has 0 amide bonds. The Bertz CT molecular complexity index is 726. The largest absolute Gasteiger partial charge is 0.417 e. The lowest BCUT2D eigenvalue weighted by atomic mass is 10.0. The molecule has 0 heterocycles. The molecule has 0 bridgehead atoms. The number of ether oxygens (including phenoxy) is 2. The fourth-order valence-electron chi connectivity index (χ4n) is 2.97. The molecule has 6 heteroatoms. The van der Waals surface area contributed by atoms with Gasteiger partial charge in [-0.3, -0.25) is 14.5 Å². The summed E-state index contributed by atoms with van der Waals surface area (Å²) in [4.78, 5) is 26.5. The van der Waals surface area contributed by atoms with Gasteiger partial charge in [0.1, 0.15) is 5.88 Å². The van der Waals surface area contributed by atoms with E-state index in [1.807, 2.05) is 19.9 Å². The van der Waals surface area contributed by atoms with Crippen LogP contribution in [0.15, 0.2) is 46.6 Å². The van der Waals surface area contributed by atoms with Gasteiger partial charge in [-0.15, -0.1) is 11.6 Å². The number of likely N-dealkylation sites (N-methyl/N-ethyl adjacent to an activating group) is 1. The average Bonchev–Trinajstić information content (AvgIpc) is 2.64. The van der Waals surface area contributed by atoms with Gasteiger partial charge in [-0.1, -0.05) is 40.5 Å². The molecule has 0 aromatic heterocycles. The zero-order chi connectivity index (χ0) is 24.7. The van der Waals surface area contributed by atoms with E-state index in [0.717, 1.165) is 36.8 Å². The summed E-state index contributed by atoms with van der Waals surface area (Å²) in [7, 11) is 3.56. The van der Waals surface area contributed by atoms with E-state index in [2.05, 4.69) is 39.8 Å². The molecule has 0 fully saturated rings. The molecule has 0 aliphatic heterocycles. The predicted octanol–water partition coefficient (Wildman–Crippen LogP) is 6.35. The van der Waals surface area contributed by atoms with Crippen molar-refractivity contribution in [1.82, 2.24) is 4.90 Å². The molecule has 0 aliphatic carbocycles. The predicted molar refractivity (Wildman–Crippen MR) is 134 cm³/mol. The minimum Gasteiger partial charge on any atom is -0.417 e. The quantitative estimate of drug-likeness (QED) is 0.129. The lowest BCUT2D eigenvalue weighted by molar-refractivity contribution is -0.209. The number of esters is 2. The van der Waals surface area contributed by atoms with E-state index in [1.54, 1.807) is 25.1 Å². The Morgan fingerprint density at radius 3 is 1.78 bits per heavy atom. The van der Waals surface area contributed by atoms with Crippen molar-refractivity contribution in [2.45, 2.75) is 79.4 Å². The molecule has 32 heavy (non-hydrogen) atoms. The normalized spacial score (nSPS) is 13.9. The number of carbonyl (C=O) groups excluding carboxylic acids is 2. The molecule has 0 rings (SSSR count). The summed E-state index contributed by atoms with van der Waals surface area (Å²) in [5, 5.41) is 0. The standard InChI is InChI=1S/C26H42ClNO4/c1-20(2)11-9-13-22(5)15-16-26(31-24(29)18-27,32-25(30)19-28(7)8)17-23(6)14-10-12-21(3)4/h11-12,15,17H,9-10,13-14,16,18-19H2,1-8H3/b22-15+,23-17+. The third kappa shape index (κ3) is 15.0. The number of allylic oxidation sites excluding steroid dienone is 6. The smallest absolute Gasteiger partial charge is 0.324 e. The first kappa shape index (κ1) is 30.1. The molecule has 182 valence electrons. The van der Waals surface area contributed by atoms with Crippen LogP contribution in [-0.4, -0.2) is 49.1 Å². The van der Waals surface area contributed by atoms with E-state index in [-0.39, 0.29) is 18.8 Å². The van der Waals surface area contributed by atoms with Crippen molar-refractivity contribution >= 4 is 23.5 Å². The summed E-state index contributed by atoms with van der Waals surface area (Å²) in [5.41, 5.74) is 4.62. The first-order valence-corrected chi connectivity index (χ1v) is 11.7. The second-order valence-corrected chi connectivity index (χ2v) is 9.28. The van der Waals surface area contributed by atoms with E-state index in [0.29, 0.717) is 0 Å². The molecular weight excluding hydrogens is 426 g/mol. The zero-order valence-corrected chi connectivity index (χ0v) is 22.0. The van der Waals surface area contributed by atoms with E-state index < -0.39 is 17.7 Å². The fraction of sp³-hybridized carbons (Fsp3) is 0.615. The van der Waals surface area contributed by atoms with Crippen molar-refractivity contribution in [2.75, 3.05) is 26.5 Å². The Balaban J connectivity index is 5.93. The van der Waals surface area contributed by atoms with Crippen LogP contribution in [0.4, 0.5) is 0 Å². The summed E-state index contributed by atoms with van der Waals surface area (Å²) in [6.07, 6.45) is 11.7. The van der Waals surface area contributed by atoms with Gasteiger partial charge in [-0.25, -0.2) is 0 Å². The Morgan fingerprint density at radius 1 is 0.812 bits per heavy atom. The third-order valence-corrected chi connectivity index (χ3v) is 4.73. The monoisotopic (exact) mass is 467 g/mol. The van der Waals surface area contributed by atoms with Gasteiger partial charge in [0, 0.05) is 6.42 Å². The number of alkyl halides is 1. The Labute approximate surface area is 200 Å². The van der Waals surface area contributed by atoms with Crippen molar-refractivity contribution in [3.63, 3.8) is 0 Å². The molecule has 1 atom stereocenters. The first-order chi connectivity index (χ1) is 14.9. The summed E-state index contributed by atoms with van der Waals surface area (Å²) >= 11 is 5.72. The van der Waals surface area contributed by atoms with Crippen LogP contribution in [0, 0.1) is 0 Å². The maximum atomic E-state index is 12.6. The Kier molecular flexibility index (Phi) is 15.0. The van der Waals surface area contributed by atoms with Crippen molar-refractivity contribution in [2.24, 2.45) is 0 Å². The van der Waals surface area contributed by atoms with Crippen LogP contribution in [0.3, 0.4) is 0 Å². The highest BCUT2D eigenvalue weighted by Gasteiger charge is 2.36. The molecule has 1 unspecified atom stereocenters. The Morgan fingerprint density at radius 2 is 1.31 bits per heavy atom. The number of carbonyl (C=O) groups is 2. The fourth-order valence-corrected chi connectivity index (χ4v) is 3.02. The second kappa shape index (κ2) is 15.9. The number of nitrogens with zero attached hydrogens (tertiary/aromatic N) is 1. The van der Waals surface area contributed by atoms with Gasteiger partial charge < -0.3 is 9.47 Å². The molecule has 0 saturated heterocycles. The molecule has 0 aromatic rings. The number of halogens is 1. The van der Waals surface area contributed by atoms with Crippen molar-refractivity contribution in [3.05, 3.63) is 46.6 Å². The van der Waals surface area contributed by atoms with Crippen LogP contribution >= 0.6 is 11.6 Å². The van der Waals surface area contributed by atoms with Gasteiger partial charge in [-0.05, 0) is 87.4 Å². The summed E-state index contributed by atoms with van der Waals surface area (Å²) in [6.45, 7) is 12.3. The maximum Gasteiger partial charge on any atom is 0.324 e. The topological polar surface area (TPSA) is 55.8 Å². The van der Waals surface area contributed by atoms with Crippen LogP contribution in [0.1, 0.15) is 73.6 Å². The highest BCUT2D eigenvalue weighted by Crippen LogP contribution is 2.27. The molecule has 5 nitrogen and oxygen atoms in total. The first-order valence-electron chi connectivity index (χ1n) is 11.1. The molecule has 0 saturated carbocycles. The van der Waals surface area contributed by atoms with E-state index in [1.165, 1.54) is 11.1 Å². The van der Waals surface area contributed by atoms with Crippen LogP contribution in [-0.2, 0) is 19.1 Å². The van der Waals surface area contributed by atoms with E-state index in [9.17, 15) is 9.59 Å². The third-order valence-electron chi connectivity index (χ3n) is 4.51. The van der Waals surface area contributed by atoms with Crippen LogP contribution in [0.5, 0.6) is 0 Å². The van der Waals surface area contributed by atoms with Gasteiger partial charge in [0.15, 0.2) is 0 Å². The molecule has 0 aromatic carbocycles. The van der Waals surface area contributed by atoms with Gasteiger partial charge in [0.05, 0.1) is 6.54 Å². The summed E-state index contributed by atoms with van der Waals surface area (Å²) < 4.78 is 11.4. The van der Waals surface area contributed by atoms with Gasteiger partial charge in [-0.2, -0.15) is 0 Å². The van der Waals surface area contributed by atoms with Crippen molar-refractivity contribution in [3.8, 4) is 0 Å². The second-order valence-electron chi connectivity index (χ2n) is 9.02. The highest BCUT2D eigenvalue weighted by molar-refractivity contribution is 6.26. The lowest BCUT2D eigenvalue weighted by Crippen LogP contribution is -2.41. The average molecular weight is 468 g/mol. The maximum absolute atomic E-state index is 12.6. The summed E-state index contributed by atoms with van der Waals surface area (Å²) in [6, 6.07) is 0. The zero-order valence-electron chi connectivity index (χ0n) is 21.2. The lowest BCUT2D eigenvalue weighted by Gasteiger charge is -2.30. The number of hydrogen-bond acceptors (Lipinski definition) is 5. The van der Waals surface area contributed by atoms with Gasteiger partial charge in [0.2, 0.25) is 0 Å². The highest BCUT2D eigenvalue weighted by atomic mass is 35.5. The molecule has 0 N–H and O–H groups in total. The Hall–Kier alpha value is -1.85. The summed E-state index contributed by atoms with van der Waals surface area (Å²) in [5.74, 6) is -2.94. The van der Waals surface area contributed by atoms with Crippen LogP contribution < -0.4 is 0 Å². The minimum absolute atomic E-state index is 0.0775. The number of rotatable bonds is 14. The van der Waals surface area contributed by atoms with E-state index >= 15 is 0 Å². The van der Waals surface area contributed by atoms with Crippen LogP contribution in [0.2, 0.25) is 0 Å². The SMILES string of the molecule is CC(C)=CCC/C(C)=C/CC(/C=C(\C)CCC=C(C)C)(OC(=O)CCl)OC(=O)CN(C)C.